The van der Waals surface area contributed by atoms with Crippen LogP contribution in [0, 0.1) is 6.92 Å². The maximum atomic E-state index is 3.67. The maximum absolute atomic E-state index is 3.67. The van der Waals surface area contributed by atoms with Crippen LogP contribution in [0.15, 0.2) is 24.3 Å². The number of piperazine rings is 1. The molecule has 4 heteroatoms. The summed E-state index contributed by atoms with van der Waals surface area (Å²) in [4.78, 5) is 3.85. The third-order valence-corrected chi connectivity index (χ3v) is 5.61. The van der Waals surface area contributed by atoms with E-state index < -0.39 is 0 Å². The summed E-state index contributed by atoms with van der Waals surface area (Å²) in [5.74, 6) is 0. The van der Waals surface area contributed by atoms with Crippen LogP contribution in [0.2, 0.25) is 0 Å². The van der Waals surface area contributed by atoms with Crippen molar-refractivity contribution in [3.8, 4) is 0 Å². The molecule has 1 aromatic heterocycles. The fraction of sp³-hybridized carbons (Fsp3) is 0.500. The molecule has 1 fully saturated rings. The Labute approximate surface area is 125 Å². The highest BCUT2D eigenvalue weighted by Gasteiger charge is 2.19. The molecular weight excluding hydrogens is 266 g/mol. The van der Waals surface area contributed by atoms with Gasteiger partial charge in [0.05, 0.1) is 6.04 Å². The van der Waals surface area contributed by atoms with Crippen LogP contribution in [0.25, 0.3) is 10.1 Å². The fourth-order valence-corrected chi connectivity index (χ4v) is 4.08. The first-order chi connectivity index (χ1) is 9.65. The average Bonchev–Trinajstić information content (AvgIpc) is 2.79. The summed E-state index contributed by atoms with van der Waals surface area (Å²) in [6, 6.07) is 9.09. The van der Waals surface area contributed by atoms with Crippen molar-refractivity contribution in [3.63, 3.8) is 0 Å². The number of nitrogens with zero attached hydrogens (tertiary/aromatic N) is 2. The van der Waals surface area contributed by atoms with Crippen molar-refractivity contribution in [2.75, 3.05) is 33.2 Å². The normalized spacial score (nSPS) is 19.6. The quantitative estimate of drug-likeness (QED) is 0.937. The van der Waals surface area contributed by atoms with Gasteiger partial charge in [-0.05, 0) is 37.9 Å². The lowest BCUT2D eigenvalue weighted by Gasteiger charge is -2.34. The summed E-state index contributed by atoms with van der Waals surface area (Å²) in [5, 5.41) is 3.77. The lowest BCUT2D eigenvalue weighted by molar-refractivity contribution is 0.0904. The summed E-state index contributed by atoms with van der Waals surface area (Å²) in [6.07, 6.45) is 0. The number of nitrogens with one attached hydrogen (secondary N) is 1. The average molecular weight is 289 g/mol. The maximum Gasteiger partial charge on any atom is 0.0533 e. The second-order valence-corrected chi connectivity index (χ2v) is 6.81. The Balaban J connectivity index is 1.75. The Morgan fingerprint density at radius 1 is 1.15 bits per heavy atom. The number of benzene rings is 1. The first-order valence-electron chi connectivity index (χ1n) is 7.33. The zero-order chi connectivity index (χ0) is 14.1. The molecule has 0 radical (unpaired) electrons. The first-order valence-corrected chi connectivity index (χ1v) is 8.14. The molecule has 1 saturated heterocycles. The molecule has 0 aliphatic carbocycles. The van der Waals surface area contributed by atoms with E-state index in [9.17, 15) is 0 Å². The van der Waals surface area contributed by atoms with E-state index in [-0.39, 0.29) is 0 Å². The Morgan fingerprint density at radius 2 is 1.85 bits per heavy atom. The Morgan fingerprint density at radius 3 is 2.55 bits per heavy atom. The second-order valence-electron chi connectivity index (χ2n) is 5.73. The minimum Gasteiger partial charge on any atom is -0.304 e. The van der Waals surface area contributed by atoms with E-state index in [0.29, 0.717) is 6.04 Å². The van der Waals surface area contributed by atoms with Gasteiger partial charge in [-0.15, -0.1) is 11.3 Å². The molecule has 0 saturated carbocycles. The zero-order valence-corrected chi connectivity index (χ0v) is 13.3. The van der Waals surface area contributed by atoms with Crippen molar-refractivity contribution in [1.82, 2.24) is 15.3 Å². The number of thiophene rings is 1. The van der Waals surface area contributed by atoms with E-state index in [1.54, 1.807) is 0 Å². The van der Waals surface area contributed by atoms with Crippen LogP contribution in [0.4, 0.5) is 0 Å². The topological polar surface area (TPSA) is 18.5 Å². The molecule has 1 atom stereocenters. The smallest absolute Gasteiger partial charge is 0.0533 e. The van der Waals surface area contributed by atoms with Gasteiger partial charge in [0.15, 0.2) is 0 Å². The number of aryl methyl sites for hydroxylation is 1. The number of likely N-dealkylation sites (N-methyl/N-ethyl adjacent to an activating group) is 1. The van der Waals surface area contributed by atoms with E-state index in [0.717, 1.165) is 26.2 Å². The summed E-state index contributed by atoms with van der Waals surface area (Å²) in [5.41, 5.74) is 5.10. The number of hydrazine groups is 1. The molecule has 2 aromatic rings. The summed E-state index contributed by atoms with van der Waals surface area (Å²) < 4.78 is 1.40. The highest BCUT2D eigenvalue weighted by Crippen LogP contribution is 2.34. The third-order valence-electron chi connectivity index (χ3n) is 4.15. The van der Waals surface area contributed by atoms with Crippen molar-refractivity contribution in [1.29, 1.82) is 0 Å². The molecule has 3 nitrogen and oxygen atoms in total. The van der Waals surface area contributed by atoms with Crippen LogP contribution >= 0.6 is 11.3 Å². The van der Waals surface area contributed by atoms with Crippen molar-refractivity contribution in [2.45, 2.75) is 19.9 Å². The molecule has 2 heterocycles. The molecule has 1 aromatic carbocycles. The molecule has 1 aliphatic heterocycles. The van der Waals surface area contributed by atoms with Gasteiger partial charge in [0.25, 0.3) is 0 Å². The molecule has 0 bridgehead atoms. The summed E-state index contributed by atoms with van der Waals surface area (Å²) in [7, 11) is 2.19. The van der Waals surface area contributed by atoms with Crippen LogP contribution in [-0.2, 0) is 0 Å². The summed E-state index contributed by atoms with van der Waals surface area (Å²) in [6.45, 7) is 9.01. The second kappa shape index (κ2) is 5.82. The van der Waals surface area contributed by atoms with E-state index in [4.69, 9.17) is 0 Å². The van der Waals surface area contributed by atoms with Crippen LogP contribution < -0.4 is 5.43 Å². The van der Waals surface area contributed by atoms with Crippen LogP contribution in [-0.4, -0.2) is 43.1 Å². The van der Waals surface area contributed by atoms with Gasteiger partial charge in [-0.2, -0.15) is 0 Å². The van der Waals surface area contributed by atoms with E-state index in [1.807, 2.05) is 11.3 Å². The molecular formula is C16H23N3S. The van der Waals surface area contributed by atoms with E-state index in [1.165, 1.54) is 20.5 Å². The van der Waals surface area contributed by atoms with Gasteiger partial charge in [-0.25, -0.2) is 10.4 Å². The van der Waals surface area contributed by atoms with E-state index >= 15 is 0 Å². The molecule has 3 rings (SSSR count). The van der Waals surface area contributed by atoms with E-state index in [2.05, 4.69) is 60.5 Å². The molecule has 1 N–H and O–H groups in total. The fourth-order valence-electron chi connectivity index (χ4n) is 2.87. The monoisotopic (exact) mass is 289 g/mol. The zero-order valence-electron chi connectivity index (χ0n) is 12.5. The highest BCUT2D eigenvalue weighted by atomic mass is 32.1. The predicted octanol–water partition coefficient (Wildman–Crippen LogP) is 3.02. The molecule has 20 heavy (non-hydrogen) atoms. The van der Waals surface area contributed by atoms with Crippen molar-refractivity contribution in [3.05, 3.63) is 34.7 Å². The van der Waals surface area contributed by atoms with Gasteiger partial charge >= 0.3 is 0 Å². The van der Waals surface area contributed by atoms with Crippen molar-refractivity contribution >= 4 is 21.4 Å². The lowest BCUT2D eigenvalue weighted by atomic mass is 10.1. The van der Waals surface area contributed by atoms with Gasteiger partial charge in [0.1, 0.15) is 0 Å². The van der Waals surface area contributed by atoms with Crippen LogP contribution in [0.5, 0.6) is 0 Å². The molecule has 1 aliphatic rings. The van der Waals surface area contributed by atoms with Crippen LogP contribution in [0.3, 0.4) is 0 Å². The molecule has 108 valence electrons. The standard InChI is InChI=1S/C16H23N3S/c1-12-14-6-4-5-7-15(14)20-16(12)13(2)17-19-10-8-18(3)9-11-19/h4-7,13,17H,8-11H2,1-3H3. The van der Waals surface area contributed by atoms with Gasteiger partial charge in [-0.1, -0.05) is 18.2 Å². The van der Waals surface area contributed by atoms with Gasteiger partial charge in [0.2, 0.25) is 0 Å². The Hall–Kier alpha value is -0.940. The van der Waals surface area contributed by atoms with Gasteiger partial charge in [0, 0.05) is 35.8 Å². The van der Waals surface area contributed by atoms with Gasteiger partial charge in [-0.3, -0.25) is 0 Å². The minimum atomic E-state index is 0.385. The lowest BCUT2D eigenvalue weighted by Crippen LogP contribution is -2.51. The Kier molecular flexibility index (Phi) is 4.08. The van der Waals surface area contributed by atoms with Crippen molar-refractivity contribution < 1.29 is 0 Å². The Bertz CT molecular complexity index is 584. The molecule has 0 spiro atoms. The molecule has 0 amide bonds. The first kappa shape index (κ1) is 14.0. The molecule has 1 unspecified atom stereocenters. The van der Waals surface area contributed by atoms with Gasteiger partial charge < -0.3 is 4.90 Å². The van der Waals surface area contributed by atoms with Crippen LogP contribution in [0.1, 0.15) is 23.4 Å². The summed E-state index contributed by atoms with van der Waals surface area (Å²) >= 11 is 1.92. The number of rotatable bonds is 3. The largest absolute Gasteiger partial charge is 0.304 e. The predicted molar refractivity (Wildman–Crippen MR) is 87.2 cm³/mol. The highest BCUT2D eigenvalue weighted by molar-refractivity contribution is 7.19. The minimum absolute atomic E-state index is 0.385. The number of hydrogen-bond acceptors (Lipinski definition) is 4. The number of hydrogen-bond donors (Lipinski definition) is 1. The van der Waals surface area contributed by atoms with Crippen molar-refractivity contribution in [2.24, 2.45) is 0 Å². The third kappa shape index (κ3) is 2.74. The number of fused-ring (bicyclic) bond motifs is 1. The SMILES string of the molecule is Cc1c(C(C)NN2CCN(C)CC2)sc2ccccc12.